The number of nitrogens with one attached hydrogen (secondary N) is 1. The van der Waals surface area contributed by atoms with Crippen LogP contribution in [0.25, 0.3) is 11.0 Å². The summed E-state index contributed by atoms with van der Waals surface area (Å²) in [6.07, 6.45) is 0. The van der Waals surface area contributed by atoms with E-state index < -0.39 is 0 Å². The van der Waals surface area contributed by atoms with Gasteiger partial charge >= 0.3 is 6.03 Å². The second-order valence-electron chi connectivity index (χ2n) is 7.37. The van der Waals surface area contributed by atoms with Gasteiger partial charge in [0.2, 0.25) is 0 Å². The minimum atomic E-state index is -0.118. The smallest absolute Gasteiger partial charge is 0.321 e. The van der Waals surface area contributed by atoms with Gasteiger partial charge in [-0.15, -0.1) is 0 Å². The summed E-state index contributed by atoms with van der Waals surface area (Å²) in [5.41, 5.74) is 2.80. The summed E-state index contributed by atoms with van der Waals surface area (Å²) in [5, 5.41) is 2.94. The number of rotatable bonds is 5. The average Bonchev–Trinajstić information content (AvgIpc) is 3.09. The maximum atomic E-state index is 12.7. The van der Waals surface area contributed by atoms with E-state index in [1.165, 1.54) is 0 Å². The first-order valence-corrected chi connectivity index (χ1v) is 9.99. The number of carbonyl (C=O) groups is 1. The normalized spacial score (nSPS) is 14.7. The number of para-hydroxylation sites is 2. The van der Waals surface area contributed by atoms with Crippen molar-refractivity contribution in [3.05, 3.63) is 48.3 Å². The Hall–Kier alpha value is -3.26. The van der Waals surface area contributed by atoms with Gasteiger partial charge in [0.05, 0.1) is 31.8 Å². The van der Waals surface area contributed by atoms with Crippen LogP contribution >= 0.6 is 0 Å². The zero-order valence-corrected chi connectivity index (χ0v) is 17.6. The Balaban J connectivity index is 1.35. The molecule has 1 aromatic heterocycles. The number of amides is 2. The molecule has 2 aromatic carbocycles. The lowest BCUT2D eigenvalue weighted by molar-refractivity contribution is 0.140. The van der Waals surface area contributed by atoms with E-state index in [-0.39, 0.29) is 6.03 Å². The van der Waals surface area contributed by atoms with Gasteiger partial charge in [0.1, 0.15) is 17.3 Å². The molecule has 30 heavy (non-hydrogen) atoms. The first-order chi connectivity index (χ1) is 14.6. The van der Waals surface area contributed by atoms with E-state index in [1.54, 1.807) is 32.4 Å². The maximum Gasteiger partial charge on any atom is 0.321 e. The van der Waals surface area contributed by atoms with Crippen LogP contribution in [0.3, 0.4) is 0 Å². The Kier molecular flexibility index (Phi) is 5.76. The molecule has 1 fully saturated rings. The fraction of sp³-hybridized carbons (Fsp3) is 0.364. The number of anilines is 1. The molecule has 2 amide bonds. The van der Waals surface area contributed by atoms with Crippen molar-refractivity contribution < 1.29 is 14.3 Å². The standard InChI is InChI=1S/C22H27N5O3/c1-25-20-7-5-4-6-19(20)24-21(25)15-26-8-10-27(11-9-26)22(28)23-16-12-17(29-2)14-18(13-16)30-3/h4-7,12-14H,8-11,15H2,1-3H3,(H,23,28). The summed E-state index contributed by atoms with van der Waals surface area (Å²) in [4.78, 5) is 21.6. The quantitative estimate of drug-likeness (QED) is 0.702. The fourth-order valence-electron chi connectivity index (χ4n) is 3.73. The molecule has 1 aliphatic heterocycles. The molecule has 4 rings (SSSR count). The number of aryl methyl sites for hydroxylation is 1. The first kappa shape index (κ1) is 20.0. The third kappa shape index (κ3) is 4.18. The van der Waals surface area contributed by atoms with Crippen LogP contribution in [0.5, 0.6) is 11.5 Å². The van der Waals surface area contributed by atoms with Crippen molar-refractivity contribution in [2.75, 3.05) is 45.7 Å². The van der Waals surface area contributed by atoms with Crippen molar-refractivity contribution in [2.45, 2.75) is 6.54 Å². The number of nitrogens with zero attached hydrogens (tertiary/aromatic N) is 4. The summed E-state index contributed by atoms with van der Waals surface area (Å²) in [6.45, 7) is 3.71. The fourth-order valence-corrected chi connectivity index (χ4v) is 3.73. The number of methoxy groups -OCH3 is 2. The molecule has 0 bridgehead atoms. The summed E-state index contributed by atoms with van der Waals surface area (Å²) in [7, 11) is 5.23. The van der Waals surface area contributed by atoms with Crippen LogP contribution in [0.4, 0.5) is 10.5 Å². The number of urea groups is 1. The summed E-state index contributed by atoms with van der Waals surface area (Å²) >= 11 is 0. The van der Waals surface area contributed by atoms with E-state index in [1.807, 2.05) is 23.1 Å². The molecule has 0 aliphatic carbocycles. The van der Waals surface area contributed by atoms with Gasteiger partial charge in [0.15, 0.2) is 0 Å². The number of hydrogen-bond acceptors (Lipinski definition) is 5. The third-order valence-electron chi connectivity index (χ3n) is 5.51. The van der Waals surface area contributed by atoms with Crippen molar-refractivity contribution in [1.82, 2.24) is 19.4 Å². The van der Waals surface area contributed by atoms with Crippen LogP contribution in [-0.4, -0.2) is 65.8 Å². The molecule has 3 aromatic rings. The highest BCUT2D eigenvalue weighted by molar-refractivity contribution is 5.90. The van der Waals surface area contributed by atoms with E-state index in [4.69, 9.17) is 14.5 Å². The number of piperazine rings is 1. The Labute approximate surface area is 176 Å². The molecule has 8 heteroatoms. The van der Waals surface area contributed by atoms with Crippen LogP contribution in [0.2, 0.25) is 0 Å². The predicted molar refractivity (Wildman–Crippen MR) is 116 cm³/mol. The molecule has 0 saturated carbocycles. The van der Waals surface area contributed by atoms with Gasteiger partial charge in [-0.2, -0.15) is 0 Å². The third-order valence-corrected chi connectivity index (χ3v) is 5.51. The minimum absolute atomic E-state index is 0.118. The van der Waals surface area contributed by atoms with Crippen molar-refractivity contribution in [3.8, 4) is 11.5 Å². The number of fused-ring (bicyclic) bond motifs is 1. The lowest BCUT2D eigenvalue weighted by Gasteiger charge is -2.34. The monoisotopic (exact) mass is 409 g/mol. The lowest BCUT2D eigenvalue weighted by Crippen LogP contribution is -2.49. The van der Waals surface area contributed by atoms with Crippen molar-refractivity contribution >= 4 is 22.8 Å². The number of aromatic nitrogens is 2. The molecule has 2 heterocycles. The molecular formula is C22H27N5O3. The Morgan fingerprint density at radius 1 is 1.03 bits per heavy atom. The predicted octanol–water partition coefficient (Wildman–Crippen LogP) is 2.94. The molecular weight excluding hydrogens is 382 g/mol. The SMILES string of the molecule is COc1cc(NC(=O)N2CCN(Cc3nc4ccccc4n3C)CC2)cc(OC)c1. The molecule has 0 radical (unpaired) electrons. The second kappa shape index (κ2) is 8.62. The lowest BCUT2D eigenvalue weighted by atomic mass is 10.2. The number of ether oxygens (including phenoxy) is 2. The van der Waals surface area contributed by atoms with Gasteiger partial charge in [-0.1, -0.05) is 12.1 Å². The molecule has 158 valence electrons. The average molecular weight is 409 g/mol. The van der Waals surface area contributed by atoms with Crippen LogP contribution < -0.4 is 14.8 Å². The Morgan fingerprint density at radius 2 is 1.70 bits per heavy atom. The van der Waals surface area contributed by atoms with Gasteiger partial charge < -0.3 is 24.3 Å². The van der Waals surface area contributed by atoms with Crippen LogP contribution in [-0.2, 0) is 13.6 Å². The maximum absolute atomic E-state index is 12.7. The van der Waals surface area contributed by atoms with Crippen molar-refractivity contribution in [2.24, 2.45) is 7.05 Å². The number of imidazole rings is 1. The molecule has 1 aliphatic rings. The van der Waals surface area contributed by atoms with Gasteiger partial charge in [0.25, 0.3) is 0 Å². The largest absolute Gasteiger partial charge is 0.497 e. The van der Waals surface area contributed by atoms with E-state index in [0.717, 1.165) is 36.5 Å². The topological polar surface area (TPSA) is 71.9 Å². The highest BCUT2D eigenvalue weighted by Crippen LogP contribution is 2.26. The summed E-state index contributed by atoms with van der Waals surface area (Å²) in [6, 6.07) is 13.4. The van der Waals surface area contributed by atoms with E-state index in [2.05, 4.69) is 27.9 Å². The molecule has 8 nitrogen and oxygen atoms in total. The van der Waals surface area contributed by atoms with Gasteiger partial charge in [-0.3, -0.25) is 4.90 Å². The zero-order chi connectivity index (χ0) is 21.1. The first-order valence-electron chi connectivity index (χ1n) is 9.99. The Bertz CT molecular complexity index is 1020. The highest BCUT2D eigenvalue weighted by atomic mass is 16.5. The van der Waals surface area contributed by atoms with E-state index >= 15 is 0 Å². The number of carbonyl (C=O) groups excluding carboxylic acids is 1. The number of hydrogen-bond donors (Lipinski definition) is 1. The molecule has 0 spiro atoms. The van der Waals surface area contributed by atoms with Crippen LogP contribution in [0, 0.1) is 0 Å². The van der Waals surface area contributed by atoms with Crippen LogP contribution in [0.15, 0.2) is 42.5 Å². The van der Waals surface area contributed by atoms with Gasteiger partial charge in [-0.05, 0) is 12.1 Å². The van der Waals surface area contributed by atoms with Gasteiger partial charge in [-0.25, -0.2) is 9.78 Å². The summed E-state index contributed by atoms with van der Waals surface area (Å²) < 4.78 is 12.7. The molecule has 1 N–H and O–H groups in total. The second-order valence-corrected chi connectivity index (χ2v) is 7.37. The van der Waals surface area contributed by atoms with Gasteiger partial charge in [0, 0.05) is 57.1 Å². The van der Waals surface area contributed by atoms with E-state index in [9.17, 15) is 4.79 Å². The summed E-state index contributed by atoms with van der Waals surface area (Å²) in [5.74, 6) is 2.31. The van der Waals surface area contributed by atoms with Crippen LogP contribution in [0.1, 0.15) is 5.82 Å². The van der Waals surface area contributed by atoms with Crippen molar-refractivity contribution in [3.63, 3.8) is 0 Å². The number of benzene rings is 2. The zero-order valence-electron chi connectivity index (χ0n) is 17.6. The molecule has 0 unspecified atom stereocenters. The highest BCUT2D eigenvalue weighted by Gasteiger charge is 2.22. The molecule has 1 saturated heterocycles. The minimum Gasteiger partial charge on any atom is -0.497 e. The van der Waals surface area contributed by atoms with Crippen molar-refractivity contribution in [1.29, 1.82) is 0 Å². The molecule has 0 atom stereocenters. The Morgan fingerprint density at radius 3 is 2.33 bits per heavy atom. The van der Waals surface area contributed by atoms with E-state index in [0.29, 0.717) is 30.3 Å².